The lowest BCUT2D eigenvalue weighted by atomic mass is 9.99. The molecule has 3 heterocycles. The van der Waals surface area contributed by atoms with Crippen molar-refractivity contribution in [2.45, 2.75) is 17.7 Å². The predicted octanol–water partition coefficient (Wildman–Crippen LogP) is 4.46. The SMILES string of the molecule is O=C(Nc1nc(-c2nc3ccccc3s2)cs1)C1CCCN(S(=O)(=O)c2ccccc2)C1. The molecule has 0 aliphatic carbocycles. The highest BCUT2D eigenvalue weighted by atomic mass is 32.2. The van der Waals surface area contributed by atoms with Gasteiger partial charge >= 0.3 is 0 Å². The van der Waals surface area contributed by atoms with Gasteiger partial charge in [-0.1, -0.05) is 30.3 Å². The Hall–Kier alpha value is -2.66. The van der Waals surface area contributed by atoms with Crippen molar-refractivity contribution in [2.75, 3.05) is 18.4 Å². The van der Waals surface area contributed by atoms with Gasteiger partial charge in [0.2, 0.25) is 15.9 Å². The first-order chi connectivity index (χ1) is 15.5. The maximum absolute atomic E-state index is 12.9. The van der Waals surface area contributed by atoms with Crippen LogP contribution in [0.5, 0.6) is 0 Å². The number of fused-ring (bicyclic) bond motifs is 1. The third kappa shape index (κ3) is 4.18. The van der Waals surface area contributed by atoms with E-state index < -0.39 is 15.9 Å². The van der Waals surface area contributed by atoms with Gasteiger partial charge in [0.05, 0.1) is 21.0 Å². The van der Waals surface area contributed by atoms with Crippen molar-refractivity contribution in [1.82, 2.24) is 14.3 Å². The van der Waals surface area contributed by atoms with Crippen LogP contribution in [-0.4, -0.2) is 41.7 Å². The molecule has 5 rings (SSSR count). The van der Waals surface area contributed by atoms with E-state index >= 15 is 0 Å². The van der Waals surface area contributed by atoms with Crippen LogP contribution in [0, 0.1) is 5.92 Å². The van der Waals surface area contributed by atoms with Crippen LogP contribution in [0.1, 0.15) is 12.8 Å². The molecule has 1 unspecified atom stereocenters. The Balaban J connectivity index is 1.28. The number of hydrogen-bond donors (Lipinski definition) is 1. The second-order valence-corrected chi connectivity index (χ2v) is 11.4. The van der Waals surface area contributed by atoms with E-state index in [1.54, 1.807) is 41.7 Å². The van der Waals surface area contributed by atoms with E-state index in [0.29, 0.717) is 24.5 Å². The summed E-state index contributed by atoms with van der Waals surface area (Å²) >= 11 is 2.90. The van der Waals surface area contributed by atoms with Crippen LogP contribution in [0.4, 0.5) is 5.13 Å². The first kappa shape index (κ1) is 21.2. The van der Waals surface area contributed by atoms with Crippen LogP contribution in [0.3, 0.4) is 0 Å². The van der Waals surface area contributed by atoms with Crippen molar-refractivity contribution in [1.29, 1.82) is 0 Å². The molecule has 164 valence electrons. The lowest BCUT2D eigenvalue weighted by Gasteiger charge is -2.31. The van der Waals surface area contributed by atoms with E-state index in [1.807, 2.05) is 29.6 Å². The van der Waals surface area contributed by atoms with E-state index in [2.05, 4.69) is 15.3 Å². The highest BCUT2D eigenvalue weighted by Crippen LogP contribution is 2.32. The number of aromatic nitrogens is 2. The molecular weight excluding hydrogens is 464 g/mol. The zero-order valence-corrected chi connectivity index (χ0v) is 19.4. The Morgan fingerprint density at radius 1 is 1.06 bits per heavy atom. The number of amides is 1. The highest BCUT2D eigenvalue weighted by Gasteiger charge is 2.33. The summed E-state index contributed by atoms with van der Waals surface area (Å²) in [6.45, 7) is 0.583. The minimum atomic E-state index is -3.61. The van der Waals surface area contributed by atoms with Gasteiger partial charge in [0.25, 0.3) is 0 Å². The molecule has 2 aromatic carbocycles. The summed E-state index contributed by atoms with van der Waals surface area (Å²) < 4.78 is 28.3. The Kier molecular flexibility index (Phi) is 5.76. The third-order valence-corrected chi connectivity index (χ3v) is 9.08. The molecule has 0 saturated carbocycles. The average Bonchev–Trinajstić information content (AvgIpc) is 3.46. The van der Waals surface area contributed by atoms with Crippen LogP contribution >= 0.6 is 22.7 Å². The van der Waals surface area contributed by atoms with Crippen molar-refractivity contribution in [3.63, 3.8) is 0 Å². The number of para-hydroxylation sites is 1. The monoisotopic (exact) mass is 484 g/mol. The van der Waals surface area contributed by atoms with Gasteiger partial charge in [-0.25, -0.2) is 18.4 Å². The maximum atomic E-state index is 12.9. The van der Waals surface area contributed by atoms with Gasteiger partial charge in [0.1, 0.15) is 10.7 Å². The summed E-state index contributed by atoms with van der Waals surface area (Å²) in [5.74, 6) is -0.625. The molecule has 0 bridgehead atoms. The van der Waals surface area contributed by atoms with Crippen LogP contribution in [0.2, 0.25) is 0 Å². The largest absolute Gasteiger partial charge is 0.302 e. The van der Waals surface area contributed by atoms with Gasteiger partial charge in [0.15, 0.2) is 5.13 Å². The lowest BCUT2D eigenvalue weighted by Crippen LogP contribution is -2.43. The smallest absolute Gasteiger partial charge is 0.243 e. The van der Waals surface area contributed by atoms with Crippen LogP contribution in [0.15, 0.2) is 64.9 Å². The van der Waals surface area contributed by atoms with Crippen molar-refractivity contribution < 1.29 is 13.2 Å². The number of carbonyl (C=O) groups excluding carboxylic acids is 1. The molecule has 2 aromatic heterocycles. The van der Waals surface area contributed by atoms with Crippen molar-refractivity contribution in [2.24, 2.45) is 5.92 Å². The van der Waals surface area contributed by atoms with Gasteiger partial charge in [-0.3, -0.25) is 4.79 Å². The van der Waals surface area contributed by atoms with E-state index in [0.717, 1.165) is 20.9 Å². The number of rotatable bonds is 5. The minimum Gasteiger partial charge on any atom is -0.302 e. The number of benzene rings is 2. The number of piperidine rings is 1. The number of hydrogen-bond acceptors (Lipinski definition) is 7. The standard InChI is InChI=1S/C22H20N4O3S3/c27-20(15-7-6-12-26(13-15)32(28,29)16-8-2-1-3-9-16)25-22-24-18(14-30-22)21-23-17-10-4-5-11-19(17)31-21/h1-5,8-11,14-15H,6-7,12-13H2,(H,24,25,27). The molecule has 1 fully saturated rings. The molecule has 1 atom stereocenters. The fraction of sp³-hybridized carbons (Fsp3) is 0.227. The molecule has 1 aliphatic heterocycles. The zero-order valence-electron chi connectivity index (χ0n) is 17.0. The summed E-state index contributed by atoms with van der Waals surface area (Å²) in [5, 5.41) is 6.05. The number of thiazole rings is 2. The summed E-state index contributed by atoms with van der Waals surface area (Å²) in [4.78, 5) is 22.3. The van der Waals surface area contributed by atoms with Gasteiger partial charge in [0, 0.05) is 18.5 Å². The predicted molar refractivity (Wildman–Crippen MR) is 127 cm³/mol. The number of nitrogens with one attached hydrogen (secondary N) is 1. The van der Waals surface area contributed by atoms with Gasteiger partial charge in [-0.15, -0.1) is 22.7 Å². The summed E-state index contributed by atoms with van der Waals surface area (Å²) in [6, 6.07) is 16.2. The molecule has 4 aromatic rings. The van der Waals surface area contributed by atoms with Gasteiger partial charge < -0.3 is 5.32 Å². The second kappa shape index (κ2) is 8.70. The van der Waals surface area contributed by atoms with Crippen molar-refractivity contribution >= 4 is 54.0 Å². The summed E-state index contributed by atoms with van der Waals surface area (Å²) in [6.07, 6.45) is 1.28. The molecule has 1 saturated heterocycles. The molecule has 1 amide bonds. The van der Waals surface area contributed by atoms with Crippen LogP contribution < -0.4 is 5.32 Å². The zero-order chi connectivity index (χ0) is 22.1. The quantitative estimate of drug-likeness (QED) is 0.452. The molecule has 1 N–H and O–H groups in total. The summed E-state index contributed by atoms with van der Waals surface area (Å²) in [7, 11) is -3.61. The molecule has 32 heavy (non-hydrogen) atoms. The van der Waals surface area contributed by atoms with E-state index in [4.69, 9.17) is 0 Å². The molecule has 1 aliphatic rings. The Morgan fingerprint density at radius 3 is 2.66 bits per heavy atom. The lowest BCUT2D eigenvalue weighted by molar-refractivity contribution is -0.120. The van der Waals surface area contributed by atoms with Crippen molar-refractivity contribution in [3.8, 4) is 10.7 Å². The number of carbonyl (C=O) groups is 1. The van der Waals surface area contributed by atoms with Gasteiger partial charge in [-0.05, 0) is 37.1 Å². The van der Waals surface area contributed by atoms with E-state index in [9.17, 15) is 13.2 Å². The normalized spacial score (nSPS) is 17.4. The highest BCUT2D eigenvalue weighted by molar-refractivity contribution is 7.89. The Labute approximate surface area is 193 Å². The Morgan fingerprint density at radius 2 is 1.84 bits per heavy atom. The topological polar surface area (TPSA) is 92.3 Å². The van der Waals surface area contributed by atoms with Crippen molar-refractivity contribution in [3.05, 3.63) is 60.0 Å². The fourth-order valence-corrected chi connectivity index (χ4v) is 6.98. The number of anilines is 1. The molecular formula is C22H20N4O3S3. The van der Waals surface area contributed by atoms with Gasteiger partial charge in [-0.2, -0.15) is 4.31 Å². The third-order valence-electron chi connectivity index (χ3n) is 5.38. The Bertz CT molecular complexity index is 1330. The van der Waals surface area contributed by atoms with Crippen LogP contribution in [-0.2, 0) is 14.8 Å². The van der Waals surface area contributed by atoms with Crippen LogP contribution in [0.25, 0.3) is 20.9 Å². The van der Waals surface area contributed by atoms with E-state index in [-0.39, 0.29) is 17.3 Å². The molecule has 0 radical (unpaired) electrons. The van der Waals surface area contributed by atoms with E-state index in [1.165, 1.54) is 15.6 Å². The summed E-state index contributed by atoms with van der Waals surface area (Å²) in [5.41, 5.74) is 1.65. The maximum Gasteiger partial charge on any atom is 0.243 e. The fourth-order valence-electron chi connectivity index (χ4n) is 3.73. The number of sulfonamides is 1. The molecule has 10 heteroatoms. The molecule has 7 nitrogen and oxygen atoms in total. The first-order valence-electron chi connectivity index (χ1n) is 10.2. The number of nitrogens with zero attached hydrogens (tertiary/aromatic N) is 3. The second-order valence-electron chi connectivity index (χ2n) is 7.53. The molecule has 0 spiro atoms. The average molecular weight is 485 g/mol. The first-order valence-corrected chi connectivity index (χ1v) is 13.3. The minimum absolute atomic E-state index is 0.166.